The Labute approximate surface area is 170 Å². The molecule has 29 heavy (non-hydrogen) atoms. The van der Waals surface area contributed by atoms with E-state index in [0.29, 0.717) is 30.3 Å². The van der Waals surface area contributed by atoms with Gasteiger partial charge in [-0.05, 0) is 38.0 Å². The first-order chi connectivity index (χ1) is 13.8. The summed E-state index contributed by atoms with van der Waals surface area (Å²) in [6.45, 7) is 4.04. The van der Waals surface area contributed by atoms with Crippen LogP contribution in [-0.4, -0.2) is 31.6 Å². The second-order valence-electron chi connectivity index (χ2n) is 7.01. The number of amides is 1. The predicted octanol–water partition coefficient (Wildman–Crippen LogP) is 3.23. The molecule has 0 spiro atoms. The van der Waals surface area contributed by atoms with E-state index in [1.54, 1.807) is 6.92 Å². The van der Waals surface area contributed by atoms with Crippen LogP contribution < -0.4 is 5.32 Å². The van der Waals surface area contributed by atoms with Crippen LogP contribution in [0.1, 0.15) is 22.6 Å². The predicted molar refractivity (Wildman–Crippen MR) is 112 cm³/mol. The summed E-state index contributed by atoms with van der Waals surface area (Å²) in [7, 11) is -3.66. The SMILES string of the molecule is Cc1ccc(-c2nc(CS(=O)(=O)CC(=O)NCCc3ccccc3)c(C)o2)cc1. The van der Waals surface area contributed by atoms with E-state index >= 15 is 0 Å². The summed E-state index contributed by atoms with van der Waals surface area (Å²) in [6, 6.07) is 17.3. The molecule has 0 aliphatic heterocycles. The molecule has 1 amide bonds. The van der Waals surface area contributed by atoms with Crippen molar-refractivity contribution in [3.8, 4) is 11.5 Å². The number of nitrogens with zero attached hydrogens (tertiary/aromatic N) is 1. The molecular weight excluding hydrogens is 388 g/mol. The van der Waals surface area contributed by atoms with Crippen LogP contribution in [0.3, 0.4) is 0 Å². The third-order valence-corrected chi connectivity index (χ3v) is 5.89. The summed E-state index contributed by atoms with van der Waals surface area (Å²) in [5, 5.41) is 2.66. The lowest BCUT2D eigenvalue weighted by atomic mass is 10.1. The molecule has 3 aromatic rings. The maximum atomic E-state index is 12.4. The van der Waals surface area contributed by atoms with Gasteiger partial charge in [0.2, 0.25) is 11.8 Å². The number of nitrogens with one attached hydrogen (secondary N) is 1. The van der Waals surface area contributed by atoms with Gasteiger partial charge < -0.3 is 9.73 Å². The van der Waals surface area contributed by atoms with Crippen LogP contribution in [0.4, 0.5) is 0 Å². The van der Waals surface area contributed by atoms with Crippen molar-refractivity contribution in [1.82, 2.24) is 10.3 Å². The van der Waals surface area contributed by atoms with Crippen LogP contribution in [-0.2, 0) is 26.8 Å². The van der Waals surface area contributed by atoms with Crippen molar-refractivity contribution in [2.75, 3.05) is 12.3 Å². The lowest BCUT2D eigenvalue weighted by molar-refractivity contribution is -0.118. The smallest absolute Gasteiger partial charge is 0.235 e. The van der Waals surface area contributed by atoms with Gasteiger partial charge in [0.05, 0.1) is 11.4 Å². The van der Waals surface area contributed by atoms with Gasteiger partial charge in [-0.1, -0.05) is 48.0 Å². The Kier molecular flexibility index (Phi) is 6.49. The van der Waals surface area contributed by atoms with Gasteiger partial charge in [0, 0.05) is 12.1 Å². The van der Waals surface area contributed by atoms with Crippen molar-refractivity contribution < 1.29 is 17.6 Å². The average Bonchev–Trinajstić information content (AvgIpc) is 3.02. The number of hydrogen-bond donors (Lipinski definition) is 1. The summed E-state index contributed by atoms with van der Waals surface area (Å²) < 4.78 is 30.5. The molecule has 0 aliphatic rings. The van der Waals surface area contributed by atoms with Crippen LogP contribution in [0.25, 0.3) is 11.5 Å². The Balaban J connectivity index is 1.57. The minimum absolute atomic E-state index is 0.331. The second kappa shape index (κ2) is 9.05. The molecule has 2 aromatic carbocycles. The van der Waals surface area contributed by atoms with Crippen molar-refractivity contribution in [1.29, 1.82) is 0 Å². The van der Waals surface area contributed by atoms with Crippen LogP contribution in [0.15, 0.2) is 59.0 Å². The molecule has 6 nitrogen and oxygen atoms in total. The van der Waals surface area contributed by atoms with Crippen molar-refractivity contribution in [3.63, 3.8) is 0 Å². The molecule has 0 fully saturated rings. The number of carbonyl (C=O) groups excluding carboxylic acids is 1. The monoisotopic (exact) mass is 412 g/mol. The molecule has 3 rings (SSSR count). The first-order valence-corrected chi connectivity index (χ1v) is 11.2. The molecule has 0 saturated heterocycles. The number of aryl methyl sites for hydroxylation is 2. The first-order valence-electron chi connectivity index (χ1n) is 9.37. The minimum atomic E-state index is -3.66. The van der Waals surface area contributed by atoms with Gasteiger partial charge in [0.15, 0.2) is 9.84 Å². The molecule has 1 heterocycles. The van der Waals surface area contributed by atoms with Gasteiger partial charge in [0.1, 0.15) is 11.5 Å². The number of benzene rings is 2. The third kappa shape index (κ3) is 6.02. The van der Waals surface area contributed by atoms with Gasteiger partial charge in [-0.2, -0.15) is 0 Å². The van der Waals surface area contributed by atoms with E-state index < -0.39 is 21.5 Å². The van der Waals surface area contributed by atoms with Crippen LogP contribution in [0.5, 0.6) is 0 Å². The average molecular weight is 413 g/mol. The van der Waals surface area contributed by atoms with Crippen LogP contribution in [0.2, 0.25) is 0 Å². The second-order valence-corrected chi connectivity index (χ2v) is 9.07. The summed E-state index contributed by atoms with van der Waals surface area (Å²) in [5.41, 5.74) is 3.30. The van der Waals surface area contributed by atoms with E-state index in [0.717, 1.165) is 16.7 Å². The Morgan fingerprint density at radius 2 is 1.72 bits per heavy atom. The quantitative estimate of drug-likeness (QED) is 0.614. The lowest BCUT2D eigenvalue weighted by Gasteiger charge is -2.06. The highest BCUT2D eigenvalue weighted by Crippen LogP contribution is 2.23. The van der Waals surface area contributed by atoms with Gasteiger partial charge >= 0.3 is 0 Å². The van der Waals surface area contributed by atoms with E-state index in [9.17, 15) is 13.2 Å². The fourth-order valence-electron chi connectivity index (χ4n) is 2.88. The fourth-order valence-corrected chi connectivity index (χ4v) is 4.17. The van der Waals surface area contributed by atoms with E-state index in [-0.39, 0.29) is 5.75 Å². The minimum Gasteiger partial charge on any atom is -0.441 e. The number of sulfone groups is 1. The van der Waals surface area contributed by atoms with E-state index in [1.165, 1.54) is 0 Å². The number of carbonyl (C=O) groups is 1. The summed E-state index contributed by atoms with van der Waals surface area (Å²) in [6.07, 6.45) is 0.648. The van der Waals surface area contributed by atoms with Gasteiger partial charge in [0.25, 0.3) is 0 Å². The molecule has 7 heteroatoms. The topological polar surface area (TPSA) is 89.3 Å². The Hall–Kier alpha value is -2.93. The fraction of sp³-hybridized carbons (Fsp3) is 0.273. The molecule has 1 aromatic heterocycles. The maximum absolute atomic E-state index is 12.4. The zero-order valence-electron chi connectivity index (χ0n) is 16.5. The molecule has 0 bridgehead atoms. The van der Waals surface area contributed by atoms with Crippen LogP contribution >= 0.6 is 0 Å². The molecule has 0 saturated carbocycles. The number of oxazole rings is 1. The zero-order valence-corrected chi connectivity index (χ0v) is 17.3. The normalized spacial score (nSPS) is 11.4. The Morgan fingerprint density at radius 1 is 1.03 bits per heavy atom. The maximum Gasteiger partial charge on any atom is 0.235 e. The molecular formula is C22H24N2O4S. The van der Waals surface area contributed by atoms with Crippen molar-refractivity contribution in [2.45, 2.75) is 26.0 Å². The summed E-state index contributed by atoms with van der Waals surface area (Å²) >= 11 is 0. The van der Waals surface area contributed by atoms with Gasteiger partial charge in [-0.25, -0.2) is 13.4 Å². The van der Waals surface area contributed by atoms with Gasteiger partial charge in [-0.3, -0.25) is 4.79 Å². The molecule has 0 aliphatic carbocycles. The Morgan fingerprint density at radius 3 is 2.41 bits per heavy atom. The van der Waals surface area contributed by atoms with E-state index in [2.05, 4.69) is 10.3 Å². The first kappa shape index (κ1) is 20.8. The van der Waals surface area contributed by atoms with Gasteiger partial charge in [-0.15, -0.1) is 0 Å². The molecule has 0 unspecified atom stereocenters. The highest BCUT2D eigenvalue weighted by Gasteiger charge is 2.22. The summed E-state index contributed by atoms with van der Waals surface area (Å²) in [4.78, 5) is 16.4. The number of rotatable bonds is 8. The van der Waals surface area contributed by atoms with E-state index in [1.807, 2.05) is 61.5 Å². The third-order valence-electron chi connectivity index (χ3n) is 4.48. The van der Waals surface area contributed by atoms with Crippen molar-refractivity contribution >= 4 is 15.7 Å². The highest BCUT2D eigenvalue weighted by atomic mass is 32.2. The standard InChI is InChI=1S/C22H24N2O4S/c1-16-8-10-19(11-9-16)22-24-20(17(2)28-22)14-29(26,27)15-21(25)23-13-12-18-6-4-3-5-7-18/h3-11H,12-15H2,1-2H3,(H,23,25). The molecule has 1 N–H and O–H groups in total. The van der Waals surface area contributed by atoms with E-state index in [4.69, 9.17) is 4.42 Å². The molecule has 0 atom stereocenters. The van der Waals surface area contributed by atoms with Crippen molar-refractivity contribution in [2.24, 2.45) is 0 Å². The summed E-state index contributed by atoms with van der Waals surface area (Å²) in [5.74, 6) is -0.608. The molecule has 0 radical (unpaired) electrons. The lowest BCUT2D eigenvalue weighted by Crippen LogP contribution is -2.32. The van der Waals surface area contributed by atoms with Crippen LogP contribution in [0, 0.1) is 13.8 Å². The highest BCUT2D eigenvalue weighted by molar-refractivity contribution is 7.91. The number of aromatic nitrogens is 1. The Bertz CT molecular complexity index is 1070. The van der Waals surface area contributed by atoms with Crippen molar-refractivity contribution in [3.05, 3.63) is 77.2 Å². The largest absolute Gasteiger partial charge is 0.441 e. The molecule has 152 valence electrons. The zero-order chi connectivity index (χ0) is 20.9. The number of hydrogen-bond acceptors (Lipinski definition) is 5.